The predicted octanol–water partition coefficient (Wildman–Crippen LogP) is 4.58. The molecule has 0 amide bonds. The summed E-state index contributed by atoms with van der Waals surface area (Å²) in [6.07, 6.45) is 11.5. The maximum atomic E-state index is 3.89. The first kappa shape index (κ1) is 22.5. The predicted molar refractivity (Wildman–Crippen MR) is 123 cm³/mol. The summed E-state index contributed by atoms with van der Waals surface area (Å²) < 4.78 is 0. The fraction of sp³-hybridized carbons (Fsp3) is 0.167. The van der Waals surface area contributed by atoms with E-state index in [4.69, 9.17) is 0 Å². The Morgan fingerprint density at radius 2 is 0.923 bits per heavy atom. The summed E-state index contributed by atoms with van der Waals surface area (Å²) in [6.45, 7) is 15.5. The first-order chi connectivity index (χ1) is 12.2. The minimum atomic E-state index is 0. The van der Waals surface area contributed by atoms with Gasteiger partial charge < -0.3 is 0 Å². The van der Waals surface area contributed by atoms with E-state index in [9.17, 15) is 0 Å². The fourth-order valence-corrected chi connectivity index (χ4v) is 4.13. The Kier molecular flexibility index (Phi) is 10.3. The number of hydrogen-bond acceptors (Lipinski definition) is 0. The molecule has 0 N–H and O–H groups in total. The summed E-state index contributed by atoms with van der Waals surface area (Å²) in [7, 11) is 0.655. The Morgan fingerprint density at radius 3 is 1.27 bits per heavy atom. The molecule has 2 aromatic carbocycles. The average molecular weight is 354 g/mol. The second kappa shape index (κ2) is 11.9. The van der Waals surface area contributed by atoms with Crippen LogP contribution in [0.3, 0.4) is 0 Å². The molecular formula is C24H28LiP. The monoisotopic (exact) mass is 354 g/mol. The second-order valence-corrected chi connectivity index (χ2v) is 7.47. The molecule has 0 fully saturated rings. The Hall–Kier alpha value is -1.57. The van der Waals surface area contributed by atoms with Crippen LogP contribution in [0.5, 0.6) is 0 Å². The van der Waals surface area contributed by atoms with Gasteiger partial charge in [0, 0.05) is 0 Å². The summed E-state index contributed by atoms with van der Waals surface area (Å²) in [5.41, 5.74) is 5.40. The van der Waals surface area contributed by atoms with E-state index in [1.54, 1.807) is 0 Å². The van der Waals surface area contributed by atoms with Crippen LogP contribution in [-0.2, 0) is 25.7 Å². The van der Waals surface area contributed by atoms with Crippen molar-refractivity contribution in [2.45, 2.75) is 25.7 Å². The third-order valence-electron chi connectivity index (χ3n) is 4.16. The molecule has 0 aromatic heterocycles. The molecule has 0 heterocycles. The number of allylic oxidation sites excluding steroid dienone is 4. The fourth-order valence-electron chi connectivity index (χ4n) is 2.97. The molecule has 0 saturated heterocycles. The normalized spacial score (nSPS) is 9.85. The standard InChI is InChI=1S/C24H27P.Li.H/c1-5-9-19-13-15-23(17-21(19)11-7-3)25-24-16-14-20(10-6-2)22(18-24)12-8-4;;/h5-8,13-18,25H,1-4,9-12H2;;. The molecule has 0 bridgehead atoms. The van der Waals surface area contributed by atoms with E-state index in [0.29, 0.717) is 8.58 Å². The van der Waals surface area contributed by atoms with Crippen LogP contribution >= 0.6 is 8.58 Å². The topological polar surface area (TPSA) is 0 Å². The van der Waals surface area contributed by atoms with Gasteiger partial charge in [-0.15, -0.1) is 26.3 Å². The van der Waals surface area contributed by atoms with E-state index < -0.39 is 0 Å². The molecule has 0 radical (unpaired) electrons. The third kappa shape index (κ3) is 6.30. The molecule has 0 atom stereocenters. The molecule has 0 nitrogen and oxygen atoms in total. The van der Waals surface area contributed by atoms with Crippen LogP contribution in [0, 0.1) is 0 Å². The molecule has 2 aromatic rings. The van der Waals surface area contributed by atoms with Crippen LogP contribution in [-0.4, -0.2) is 18.9 Å². The van der Waals surface area contributed by atoms with Gasteiger partial charge in [0.1, 0.15) is 0 Å². The Bertz CT molecular complexity index is 708. The molecule has 0 unspecified atom stereocenters. The summed E-state index contributed by atoms with van der Waals surface area (Å²) in [5.74, 6) is 0. The van der Waals surface area contributed by atoms with Crippen molar-refractivity contribution in [1.29, 1.82) is 0 Å². The van der Waals surface area contributed by atoms with Gasteiger partial charge in [0.05, 0.1) is 0 Å². The van der Waals surface area contributed by atoms with Gasteiger partial charge in [-0.2, -0.15) is 0 Å². The first-order valence-electron chi connectivity index (χ1n) is 8.66. The van der Waals surface area contributed by atoms with Gasteiger partial charge in [-0.25, -0.2) is 0 Å². The van der Waals surface area contributed by atoms with Crippen LogP contribution < -0.4 is 10.6 Å². The number of rotatable bonds is 10. The van der Waals surface area contributed by atoms with Crippen LogP contribution in [0.4, 0.5) is 0 Å². The molecule has 0 aliphatic heterocycles. The van der Waals surface area contributed by atoms with Crippen LogP contribution in [0.2, 0.25) is 0 Å². The van der Waals surface area contributed by atoms with Gasteiger partial charge in [-0.05, 0) is 58.5 Å². The number of benzene rings is 2. The van der Waals surface area contributed by atoms with Crippen LogP contribution in [0.1, 0.15) is 22.3 Å². The van der Waals surface area contributed by atoms with Crippen molar-refractivity contribution in [3.8, 4) is 0 Å². The first-order valence-corrected chi connectivity index (χ1v) is 9.66. The molecule has 0 spiro atoms. The van der Waals surface area contributed by atoms with E-state index in [-0.39, 0.29) is 18.9 Å². The maximum absolute atomic E-state index is 3.89. The molecule has 2 heteroatoms. The van der Waals surface area contributed by atoms with Crippen LogP contribution in [0.25, 0.3) is 0 Å². The van der Waals surface area contributed by atoms with Crippen molar-refractivity contribution in [3.63, 3.8) is 0 Å². The molecule has 26 heavy (non-hydrogen) atoms. The Morgan fingerprint density at radius 1 is 0.577 bits per heavy atom. The zero-order valence-corrected chi connectivity index (χ0v) is 15.9. The summed E-state index contributed by atoms with van der Waals surface area (Å²) in [6, 6.07) is 13.6. The zero-order valence-electron chi connectivity index (χ0n) is 14.9. The van der Waals surface area contributed by atoms with Crippen molar-refractivity contribution in [2.75, 3.05) is 0 Å². The molecular weight excluding hydrogens is 326 g/mol. The number of hydrogen-bond donors (Lipinski definition) is 0. The van der Waals surface area contributed by atoms with Gasteiger partial charge in [0.2, 0.25) is 0 Å². The van der Waals surface area contributed by atoms with Crippen molar-refractivity contribution in [3.05, 3.63) is 109 Å². The van der Waals surface area contributed by atoms with Gasteiger partial charge >= 0.3 is 18.9 Å². The van der Waals surface area contributed by atoms with E-state index in [1.807, 2.05) is 24.3 Å². The van der Waals surface area contributed by atoms with Crippen molar-refractivity contribution < 1.29 is 0 Å². The van der Waals surface area contributed by atoms with Crippen LogP contribution in [0.15, 0.2) is 87.0 Å². The summed E-state index contributed by atoms with van der Waals surface area (Å²) in [4.78, 5) is 0. The SMILES string of the molecule is C=CCc1ccc(Pc2ccc(CC=C)c(CC=C)c2)cc1CC=C.[LiH]. The van der Waals surface area contributed by atoms with Crippen molar-refractivity contribution >= 4 is 38.1 Å². The van der Waals surface area contributed by atoms with E-state index in [2.05, 4.69) is 62.7 Å². The van der Waals surface area contributed by atoms with Gasteiger partial charge in [0.15, 0.2) is 0 Å². The van der Waals surface area contributed by atoms with E-state index in [1.165, 1.54) is 32.9 Å². The van der Waals surface area contributed by atoms with Crippen molar-refractivity contribution in [1.82, 2.24) is 0 Å². The van der Waals surface area contributed by atoms with Gasteiger partial charge in [-0.1, -0.05) is 69.3 Å². The molecule has 0 aliphatic carbocycles. The zero-order chi connectivity index (χ0) is 18.1. The van der Waals surface area contributed by atoms with E-state index in [0.717, 1.165) is 25.7 Å². The average Bonchev–Trinajstić information content (AvgIpc) is 2.60. The minimum absolute atomic E-state index is 0. The summed E-state index contributed by atoms with van der Waals surface area (Å²) >= 11 is 0. The Labute approximate surface area is 172 Å². The Balaban J connectivity index is 0.00000338. The second-order valence-electron chi connectivity index (χ2n) is 6.06. The molecule has 2 rings (SSSR count). The summed E-state index contributed by atoms with van der Waals surface area (Å²) in [5, 5.41) is 2.73. The van der Waals surface area contributed by atoms with E-state index >= 15 is 0 Å². The molecule has 130 valence electrons. The van der Waals surface area contributed by atoms with Gasteiger partial charge in [-0.3, -0.25) is 0 Å². The third-order valence-corrected chi connectivity index (χ3v) is 5.36. The van der Waals surface area contributed by atoms with Crippen molar-refractivity contribution in [2.24, 2.45) is 0 Å². The molecule has 0 aliphatic rings. The molecule has 0 saturated carbocycles. The quantitative estimate of drug-likeness (QED) is 0.333. The van der Waals surface area contributed by atoms with Gasteiger partial charge in [0.25, 0.3) is 0 Å².